The second-order valence-corrected chi connectivity index (χ2v) is 8.06. The molecule has 0 heterocycles. The summed E-state index contributed by atoms with van der Waals surface area (Å²) in [5, 5.41) is 8.86. The number of halogens is 3. The van der Waals surface area contributed by atoms with Crippen molar-refractivity contribution in [3.8, 4) is 0 Å². The number of hydrogen-bond acceptors (Lipinski definition) is 4. The Balaban J connectivity index is 2.04. The summed E-state index contributed by atoms with van der Waals surface area (Å²) in [6.07, 6.45) is -3.62. The van der Waals surface area contributed by atoms with Gasteiger partial charge >= 0.3 is 12.1 Å². The van der Waals surface area contributed by atoms with Gasteiger partial charge in [-0.15, -0.1) is 0 Å². The molecule has 0 bridgehead atoms. The van der Waals surface area contributed by atoms with Crippen molar-refractivity contribution < 1.29 is 31.5 Å². The standard InChI is InChI=1S/C16H21F3N2O4S/c1-3-21(9-15(22)23)13-7-12(8-13)20-26(24,25)14-5-4-11(6-10(14)2)16(17,18)19/h4-6,12-13,20H,3,7-9H2,1-2H3,(H,22,23). The van der Waals surface area contributed by atoms with Crippen molar-refractivity contribution in [1.29, 1.82) is 0 Å². The molecule has 0 saturated heterocycles. The van der Waals surface area contributed by atoms with Gasteiger partial charge in [0.25, 0.3) is 0 Å². The number of aliphatic carboxylic acids is 1. The Morgan fingerprint density at radius 3 is 2.42 bits per heavy atom. The van der Waals surface area contributed by atoms with Crippen LogP contribution in [0, 0.1) is 6.92 Å². The predicted molar refractivity (Wildman–Crippen MR) is 88.2 cm³/mol. The Kier molecular flexibility index (Phi) is 5.99. The Bertz CT molecular complexity index is 774. The molecule has 0 radical (unpaired) electrons. The van der Waals surface area contributed by atoms with Gasteiger partial charge in [-0.3, -0.25) is 9.69 Å². The molecule has 0 aliphatic heterocycles. The van der Waals surface area contributed by atoms with Gasteiger partial charge in [0.2, 0.25) is 10.0 Å². The Morgan fingerprint density at radius 2 is 1.96 bits per heavy atom. The van der Waals surface area contributed by atoms with Gasteiger partial charge in [-0.25, -0.2) is 13.1 Å². The third kappa shape index (κ3) is 4.74. The predicted octanol–water partition coefficient (Wildman–Crippen LogP) is 2.23. The minimum Gasteiger partial charge on any atom is -0.480 e. The second kappa shape index (κ2) is 7.53. The number of nitrogens with one attached hydrogen (secondary N) is 1. The molecule has 26 heavy (non-hydrogen) atoms. The maximum Gasteiger partial charge on any atom is 0.416 e. The first-order valence-corrected chi connectivity index (χ1v) is 9.58. The number of aryl methyl sites for hydroxylation is 1. The molecule has 0 atom stereocenters. The maximum absolute atomic E-state index is 12.7. The van der Waals surface area contributed by atoms with E-state index in [4.69, 9.17) is 5.11 Å². The molecule has 0 aromatic heterocycles. The highest BCUT2D eigenvalue weighted by Crippen LogP contribution is 2.32. The number of nitrogens with zero attached hydrogens (tertiary/aromatic N) is 1. The molecular weight excluding hydrogens is 373 g/mol. The van der Waals surface area contributed by atoms with Crippen LogP contribution >= 0.6 is 0 Å². The molecule has 1 aromatic carbocycles. The first-order valence-electron chi connectivity index (χ1n) is 8.10. The van der Waals surface area contributed by atoms with Gasteiger partial charge in [0.05, 0.1) is 17.0 Å². The normalized spacial score (nSPS) is 20.8. The van der Waals surface area contributed by atoms with Gasteiger partial charge in [0.15, 0.2) is 0 Å². The van der Waals surface area contributed by atoms with E-state index in [0.717, 1.165) is 18.2 Å². The highest BCUT2D eigenvalue weighted by molar-refractivity contribution is 7.89. The summed E-state index contributed by atoms with van der Waals surface area (Å²) < 4.78 is 65.5. The average Bonchev–Trinajstić information content (AvgIpc) is 2.47. The van der Waals surface area contributed by atoms with E-state index in [1.807, 2.05) is 6.92 Å². The Labute approximate surface area is 150 Å². The number of carboxylic acid groups (broad SMARTS) is 1. The van der Waals surface area contributed by atoms with Gasteiger partial charge in [-0.2, -0.15) is 13.2 Å². The minimum absolute atomic E-state index is 0.0178. The average molecular weight is 394 g/mol. The lowest BCUT2D eigenvalue weighted by Gasteiger charge is -2.42. The molecule has 0 unspecified atom stereocenters. The molecule has 1 saturated carbocycles. The summed E-state index contributed by atoms with van der Waals surface area (Å²) >= 11 is 0. The molecule has 10 heteroatoms. The lowest BCUT2D eigenvalue weighted by Crippen LogP contribution is -2.54. The third-order valence-corrected chi connectivity index (χ3v) is 6.17. The topological polar surface area (TPSA) is 86.7 Å². The number of likely N-dealkylation sites (N-methyl/N-ethyl adjacent to an activating group) is 1. The van der Waals surface area contributed by atoms with E-state index in [2.05, 4.69) is 4.72 Å². The Hall–Kier alpha value is -1.65. The molecule has 2 rings (SSSR count). The van der Waals surface area contributed by atoms with Crippen molar-refractivity contribution in [2.45, 2.75) is 49.8 Å². The number of benzene rings is 1. The fourth-order valence-electron chi connectivity index (χ4n) is 3.07. The highest BCUT2D eigenvalue weighted by Gasteiger charge is 2.37. The van der Waals surface area contributed by atoms with Crippen molar-refractivity contribution in [3.05, 3.63) is 29.3 Å². The fraction of sp³-hybridized carbons (Fsp3) is 0.562. The molecule has 0 spiro atoms. The summed E-state index contributed by atoms with van der Waals surface area (Å²) in [6.45, 7) is 3.57. The van der Waals surface area contributed by atoms with E-state index in [1.54, 1.807) is 4.90 Å². The highest BCUT2D eigenvalue weighted by atomic mass is 32.2. The Morgan fingerprint density at radius 1 is 1.35 bits per heavy atom. The summed E-state index contributed by atoms with van der Waals surface area (Å²) in [5.41, 5.74) is -0.880. The lowest BCUT2D eigenvalue weighted by molar-refractivity contribution is -0.139. The molecular formula is C16H21F3N2O4S. The van der Waals surface area contributed by atoms with Gasteiger partial charge in [-0.1, -0.05) is 6.92 Å². The van der Waals surface area contributed by atoms with E-state index >= 15 is 0 Å². The molecule has 6 nitrogen and oxygen atoms in total. The van der Waals surface area contributed by atoms with Crippen LogP contribution in [0.15, 0.2) is 23.1 Å². The first kappa shape index (κ1) is 20.7. The summed E-state index contributed by atoms with van der Waals surface area (Å²) in [6, 6.07) is 2.12. The maximum atomic E-state index is 12.7. The van der Waals surface area contributed by atoms with Crippen molar-refractivity contribution in [1.82, 2.24) is 9.62 Å². The van der Waals surface area contributed by atoms with Crippen LogP contribution in [0.1, 0.15) is 30.9 Å². The third-order valence-electron chi connectivity index (χ3n) is 4.49. The smallest absolute Gasteiger partial charge is 0.416 e. The number of sulfonamides is 1. The molecule has 0 amide bonds. The van der Waals surface area contributed by atoms with E-state index in [1.165, 1.54) is 6.92 Å². The SMILES string of the molecule is CCN(CC(=O)O)C1CC(NS(=O)(=O)c2ccc(C(F)(F)F)cc2C)C1. The van der Waals surface area contributed by atoms with Gasteiger partial charge in [-0.05, 0) is 50.1 Å². The van der Waals surface area contributed by atoms with Crippen molar-refractivity contribution >= 4 is 16.0 Å². The quantitative estimate of drug-likeness (QED) is 0.741. The summed E-state index contributed by atoms with van der Waals surface area (Å²) in [5.74, 6) is -0.948. The number of carbonyl (C=O) groups is 1. The molecule has 1 aliphatic carbocycles. The molecule has 146 valence electrons. The molecule has 1 aliphatic rings. The van der Waals surface area contributed by atoms with Crippen molar-refractivity contribution in [2.75, 3.05) is 13.1 Å². The number of hydrogen-bond donors (Lipinski definition) is 2. The molecule has 1 fully saturated rings. The van der Waals surface area contributed by atoms with Gasteiger partial charge < -0.3 is 5.11 Å². The van der Waals surface area contributed by atoms with E-state index in [-0.39, 0.29) is 29.1 Å². The van der Waals surface area contributed by atoms with Crippen LogP contribution < -0.4 is 4.72 Å². The molecule has 2 N–H and O–H groups in total. The summed E-state index contributed by atoms with van der Waals surface area (Å²) in [7, 11) is -3.94. The summed E-state index contributed by atoms with van der Waals surface area (Å²) in [4.78, 5) is 12.4. The number of carboxylic acids is 1. The van der Waals surface area contributed by atoms with Gasteiger partial charge in [0, 0.05) is 12.1 Å². The number of alkyl halides is 3. The van der Waals surface area contributed by atoms with Crippen molar-refractivity contribution in [2.24, 2.45) is 0 Å². The monoisotopic (exact) mass is 394 g/mol. The fourth-order valence-corrected chi connectivity index (χ4v) is 4.55. The van der Waals surface area contributed by atoms with Crippen molar-refractivity contribution in [3.63, 3.8) is 0 Å². The zero-order valence-corrected chi connectivity index (χ0v) is 15.2. The van der Waals surface area contributed by atoms with E-state index < -0.39 is 27.7 Å². The van der Waals surface area contributed by atoms with Crippen LogP contribution in [0.3, 0.4) is 0 Å². The second-order valence-electron chi connectivity index (χ2n) is 6.38. The van der Waals surface area contributed by atoms with E-state index in [0.29, 0.717) is 19.4 Å². The lowest BCUT2D eigenvalue weighted by atomic mass is 9.86. The molecule has 1 aromatic rings. The zero-order valence-electron chi connectivity index (χ0n) is 14.4. The largest absolute Gasteiger partial charge is 0.480 e. The van der Waals surface area contributed by atoms with Crippen LogP contribution in [-0.2, 0) is 21.0 Å². The van der Waals surface area contributed by atoms with Crippen LogP contribution in [0.2, 0.25) is 0 Å². The van der Waals surface area contributed by atoms with Crippen LogP contribution in [0.5, 0.6) is 0 Å². The van der Waals surface area contributed by atoms with Gasteiger partial charge in [0.1, 0.15) is 0 Å². The minimum atomic E-state index is -4.53. The number of rotatable bonds is 7. The van der Waals surface area contributed by atoms with E-state index in [9.17, 15) is 26.4 Å². The van der Waals surface area contributed by atoms with Crippen LogP contribution in [-0.4, -0.2) is 49.6 Å². The first-order chi connectivity index (χ1) is 11.9. The van der Waals surface area contributed by atoms with Crippen LogP contribution in [0.4, 0.5) is 13.2 Å². The van der Waals surface area contributed by atoms with Crippen LogP contribution in [0.25, 0.3) is 0 Å². The zero-order chi connectivity index (χ0) is 19.7.